The predicted octanol–water partition coefficient (Wildman–Crippen LogP) is 2.30. The third-order valence-electron chi connectivity index (χ3n) is 3.77. The molecule has 1 aromatic carbocycles. The molecule has 1 saturated heterocycles. The molecule has 0 unspecified atom stereocenters. The topological polar surface area (TPSA) is 75.3 Å². The molecular formula is C14H15F5N2O3S. The lowest BCUT2D eigenvalue weighted by atomic mass is 10.1. The van der Waals surface area contributed by atoms with Gasteiger partial charge in [-0.25, -0.2) is 22.0 Å². The van der Waals surface area contributed by atoms with Gasteiger partial charge in [-0.05, 0) is 24.5 Å². The smallest absolute Gasteiger partial charge is 0.338 e. The molecule has 2 N–H and O–H groups in total. The Balaban J connectivity index is 2.07. The molecule has 1 aromatic rings. The molecule has 0 aliphatic carbocycles. The van der Waals surface area contributed by atoms with Gasteiger partial charge in [0.05, 0.1) is 17.1 Å². The standard InChI is InChI=1S/C14H15F5N2O3S/c15-9-2-1-3-10(16)11(9)12(14(17,18)19)21-13(22)20-6-8-4-5-25(23,24)7-8/h1-3,8,12H,4-7H2,(H2,20,21,22)/t8-,12-/m0/s1. The van der Waals surface area contributed by atoms with Gasteiger partial charge in [0.15, 0.2) is 15.9 Å². The first kappa shape index (κ1) is 19.4. The van der Waals surface area contributed by atoms with E-state index in [9.17, 15) is 35.2 Å². The highest BCUT2D eigenvalue weighted by Gasteiger charge is 2.45. The van der Waals surface area contributed by atoms with E-state index < -0.39 is 51.2 Å². The van der Waals surface area contributed by atoms with Gasteiger partial charge in [0.2, 0.25) is 0 Å². The molecule has 140 valence electrons. The Bertz CT molecular complexity index is 731. The van der Waals surface area contributed by atoms with Crippen LogP contribution in [0.15, 0.2) is 18.2 Å². The van der Waals surface area contributed by atoms with E-state index >= 15 is 0 Å². The number of amides is 2. The van der Waals surface area contributed by atoms with E-state index in [0.717, 1.165) is 6.07 Å². The number of hydrogen-bond donors (Lipinski definition) is 2. The van der Waals surface area contributed by atoms with Gasteiger partial charge in [0.25, 0.3) is 0 Å². The molecule has 0 spiro atoms. The summed E-state index contributed by atoms with van der Waals surface area (Å²) in [6.07, 6.45) is -4.84. The molecule has 11 heteroatoms. The molecule has 1 heterocycles. The van der Waals surface area contributed by atoms with Crippen LogP contribution < -0.4 is 10.6 Å². The van der Waals surface area contributed by atoms with Gasteiger partial charge in [0, 0.05) is 6.54 Å². The summed E-state index contributed by atoms with van der Waals surface area (Å²) in [5, 5.41) is 3.61. The second-order valence-corrected chi connectivity index (χ2v) is 7.96. The van der Waals surface area contributed by atoms with Crippen molar-refractivity contribution >= 4 is 15.9 Å². The molecule has 2 atom stereocenters. The summed E-state index contributed by atoms with van der Waals surface area (Å²) >= 11 is 0. The molecular weight excluding hydrogens is 371 g/mol. The zero-order chi connectivity index (χ0) is 18.8. The van der Waals surface area contributed by atoms with Gasteiger partial charge in [-0.1, -0.05) is 6.07 Å². The number of hydrogen-bond acceptors (Lipinski definition) is 3. The predicted molar refractivity (Wildman–Crippen MR) is 78.4 cm³/mol. The van der Waals surface area contributed by atoms with Gasteiger partial charge >= 0.3 is 12.2 Å². The maximum atomic E-state index is 13.6. The number of sulfone groups is 1. The molecule has 5 nitrogen and oxygen atoms in total. The molecule has 2 rings (SSSR count). The lowest BCUT2D eigenvalue weighted by Crippen LogP contribution is -2.45. The van der Waals surface area contributed by atoms with Gasteiger partial charge in [-0.3, -0.25) is 0 Å². The van der Waals surface area contributed by atoms with E-state index in [0.29, 0.717) is 12.1 Å². The fourth-order valence-electron chi connectivity index (χ4n) is 2.56. The van der Waals surface area contributed by atoms with Crippen molar-refractivity contribution < 1.29 is 35.2 Å². The second-order valence-electron chi connectivity index (χ2n) is 5.73. The van der Waals surface area contributed by atoms with Crippen molar-refractivity contribution in [1.82, 2.24) is 10.6 Å². The summed E-state index contributed by atoms with van der Waals surface area (Å²) in [6.45, 7) is -0.157. The van der Waals surface area contributed by atoms with Crippen molar-refractivity contribution in [2.24, 2.45) is 5.92 Å². The summed E-state index contributed by atoms with van der Waals surface area (Å²) in [7, 11) is -3.19. The van der Waals surface area contributed by atoms with Crippen LogP contribution in [0, 0.1) is 17.6 Å². The first-order chi connectivity index (χ1) is 11.5. The van der Waals surface area contributed by atoms with Crippen LogP contribution in [0.4, 0.5) is 26.7 Å². The third kappa shape index (κ3) is 5.03. The fraction of sp³-hybridized carbons (Fsp3) is 0.500. The normalized spacial score (nSPS) is 20.9. The summed E-state index contributed by atoms with van der Waals surface area (Å²) in [5.74, 6) is -3.51. The van der Waals surface area contributed by atoms with Crippen LogP contribution in [-0.4, -0.2) is 38.7 Å². The Morgan fingerprint density at radius 1 is 1.24 bits per heavy atom. The van der Waals surface area contributed by atoms with Crippen LogP contribution in [0.5, 0.6) is 0 Å². The Morgan fingerprint density at radius 2 is 1.84 bits per heavy atom. The van der Waals surface area contributed by atoms with Crippen molar-refractivity contribution in [2.75, 3.05) is 18.1 Å². The molecule has 1 fully saturated rings. The monoisotopic (exact) mass is 386 g/mol. The first-order valence-corrected chi connectivity index (χ1v) is 9.07. The van der Waals surface area contributed by atoms with Crippen LogP contribution in [0.1, 0.15) is 18.0 Å². The number of carbonyl (C=O) groups excluding carboxylic acids is 1. The minimum atomic E-state index is -5.13. The number of alkyl halides is 3. The van der Waals surface area contributed by atoms with Crippen molar-refractivity contribution in [3.8, 4) is 0 Å². The van der Waals surface area contributed by atoms with Crippen LogP contribution in [0.2, 0.25) is 0 Å². The maximum absolute atomic E-state index is 13.6. The Morgan fingerprint density at radius 3 is 2.32 bits per heavy atom. The Labute approximate surface area is 140 Å². The highest BCUT2D eigenvalue weighted by molar-refractivity contribution is 7.91. The average Bonchev–Trinajstić information content (AvgIpc) is 2.82. The quantitative estimate of drug-likeness (QED) is 0.780. The third-order valence-corrected chi connectivity index (χ3v) is 5.61. The van der Waals surface area contributed by atoms with Crippen LogP contribution in [0.25, 0.3) is 0 Å². The van der Waals surface area contributed by atoms with Crippen LogP contribution in [-0.2, 0) is 9.84 Å². The molecule has 0 saturated carbocycles. The number of rotatable bonds is 4. The van der Waals surface area contributed by atoms with Crippen LogP contribution in [0.3, 0.4) is 0 Å². The molecule has 0 aromatic heterocycles. The molecule has 0 radical (unpaired) electrons. The van der Waals surface area contributed by atoms with E-state index in [1.807, 2.05) is 0 Å². The number of carbonyl (C=O) groups is 1. The van der Waals surface area contributed by atoms with E-state index in [1.54, 1.807) is 0 Å². The lowest BCUT2D eigenvalue weighted by Gasteiger charge is -2.23. The average molecular weight is 386 g/mol. The number of urea groups is 1. The van der Waals surface area contributed by atoms with Crippen molar-refractivity contribution in [3.63, 3.8) is 0 Å². The largest absolute Gasteiger partial charge is 0.413 e. The second kappa shape index (κ2) is 7.14. The summed E-state index contributed by atoms with van der Waals surface area (Å²) in [4.78, 5) is 11.7. The molecule has 0 bridgehead atoms. The lowest BCUT2D eigenvalue weighted by molar-refractivity contribution is -0.156. The molecule has 1 aliphatic heterocycles. The van der Waals surface area contributed by atoms with Crippen molar-refractivity contribution in [3.05, 3.63) is 35.4 Å². The summed E-state index contributed by atoms with van der Waals surface area (Å²) in [6, 6.07) is -1.96. The Hall–Kier alpha value is -1.91. The van der Waals surface area contributed by atoms with Gasteiger partial charge in [-0.15, -0.1) is 0 Å². The summed E-state index contributed by atoms with van der Waals surface area (Å²) < 4.78 is 89.2. The SMILES string of the molecule is O=C(NC[C@@H]1CCS(=O)(=O)C1)N[C@@H](c1c(F)cccc1F)C(F)(F)F. The first-order valence-electron chi connectivity index (χ1n) is 7.25. The summed E-state index contributed by atoms with van der Waals surface area (Å²) in [5.41, 5.74) is -1.31. The van der Waals surface area contributed by atoms with E-state index in [4.69, 9.17) is 0 Å². The number of benzene rings is 1. The minimum Gasteiger partial charge on any atom is -0.338 e. The van der Waals surface area contributed by atoms with Crippen molar-refractivity contribution in [2.45, 2.75) is 18.6 Å². The van der Waals surface area contributed by atoms with Gasteiger partial charge in [0.1, 0.15) is 11.6 Å². The number of nitrogens with one attached hydrogen (secondary N) is 2. The highest BCUT2D eigenvalue weighted by atomic mass is 32.2. The molecule has 25 heavy (non-hydrogen) atoms. The highest BCUT2D eigenvalue weighted by Crippen LogP contribution is 2.35. The number of halogens is 5. The zero-order valence-corrected chi connectivity index (χ0v) is 13.6. The maximum Gasteiger partial charge on any atom is 0.413 e. The van der Waals surface area contributed by atoms with Gasteiger partial charge < -0.3 is 10.6 Å². The van der Waals surface area contributed by atoms with Crippen LogP contribution >= 0.6 is 0 Å². The molecule has 1 aliphatic rings. The van der Waals surface area contributed by atoms with Crippen molar-refractivity contribution in [1.29, 1.82) is 0 Å². The zero-order valence-electron chi connectivity index (χ0n) is 12.7. The molecule has 2 amide bonds. The minimum absolute atomic E-state index is 0.0490. The van der Waals surface area contributed by atoms with E-state index in [2.05, 4.69) is 5.32 Å². The van der Waals surface area contributed by atoms with Gasteiger partial charge in [-0.2, -0.15) is 13.2 Å². The van der Waals surface area contributed by atoms with E-state index in [1.165, 1.54) is 5.32 Å². The Kier molecular flexibility index (Phi) is 5.55. The van der Waals surface area contributed by atoms with E-state index in [-0.39, 0.29) is 24.5 Å². The fourth-order valence-corrected chi connectivity index (χ4v) is 4.42.